The second-order valence-corrected chi connectivity index (χ2v) is 5.00. The third-order valence-corrected chi connectivity index (χ3v) is 2.62. The normalized spacial score (nSPS) is 10.5. The van der Waals surface area contributed by atoms with E-state index in [9.17, 15) is 0 Å². The predicted molar refractivity (Wildman–Crippen MR) is 66.5 cm³/mol. The molecule has 1 nitrogen and oxygen atoms in total. The first kappa shape index (κ1) is 13.9. The second-order valence-electron chi connectivity index (χ2n) is 5.00. The van der Waals surface area contributed by atoms with Gasteiger partial charge in [-0.1, -0.05) is 38.5 Å². The van der Waals surface area contributed by atoms with Crippen molar-refractivity contribution in [1.29, 1.82) is 0 Å². The molecule has 0 fully saturated rings. The molecule has 15 heavy (non-hydrogen) atoms. The van der Waals surface area contributed by atoms with Crippen LogP contribution in [0.5, 0.6) is 0 Å². The third kappa shape index (κ3) is 3.50. The van der Waals surface area contributed by atoms with E-state index in [1.54, 1.807) is 0 Å². The molecule has 1 aromatic rings. The van der Waals surface area contributed by atoms with E-state index in [1.807, 2.05) is 6.79 Å². The number of aryl methyl sites for hydroxylation is 2. The highest BCUT2D eigenvalue weighted by Gasteiger charge is 2.17. The molecule has 0 aromatic heterocycles. The second kappa shape index (κ2) is 5.11. The Labute approximate surface area is 93.5 Å². The highest BCUT2D eigenvalue weighted by atomic mass is 16.1. The number of hydrogen-bond acceptors (Lipinski definition) is 1. The monoisotopic (exact) mass is 206 g/mol. The van der Waals surface area contributed by atoms with Crippen LogP contribution in [0, 0.1) is 20.8 Å². The van der Waals surface area contributed by atoms with Crippen molar-refractivity contribution in [2.24, 2.45) is 0 Å². The van der Waals surface area contributed by atoms with Gasteiger partial charge >= 0.3 is 0 Å². The Morgan fingerprint density at radius 1 is 1.00 bits per heavy atom. The topological polar surface area (TPSA) is 17.1 Å². The fourth-order valence-corrected chi connectivity index (χ4v) is 1.82. The van der Waals surface area contributed by atoms with Crippen molar-refractivity contribution in [3.8, 4) is 0 Å². The number of hydrogen-bond donors (Lipinski definition) is 0. The molecule has 0 N–H and O–H groups in total. The van der Waals surface area contributed by atoms with Gasteiger partial charge in [-0.15, -0.1) is 0 Å². The standard InChI is InChI=1S/C13H20.CH2O/c1-9-7-10(2)11(3)12(8-9)13(4,5)6;1-2/h7-8H,1-6H3;1H2. The van der Waals surface area contributed by atoms with Gasteiger partial charge in [-0.25, -0.2) is 0 Å². The zero-order valence-electron chi connectivity index (χ0n) is 10.8. The summed E-state index contributed by atoms with van der Waals surface area (Å²) >= 11 is 0. The Morgan fingerprint density at radius 2 is 1.47 bits per heavy atom. The Morgan fingerprint density at radius 3 is 1.87 bits per heavy atom. The van der Waals surface area contributed by atoms with Crippen molar-refractivity contribution in [3.63, 3.8) is 0 Å². The van der Waals surface area contributed by atoms with E-state index in [2.05, 4.69) is 53.7 Å². The summed E-state index contributed by atoms with van der Waals surface area (Å²) in [6.07, 6.45) is 0. The molecule has 0 saturated carbocycles. The lowest BCUT2D eigenvalue weighted by Crippen LogP contribution is -2.14. The molecule has 0 heterocycles. The summed E-state index contributed by atoms with van der Waals surface area (Å²) in [6, 6.07) is 4.56. The lowest BCUT2D eigenvalue weighted by atomic mass is 9.82. The molecular weight excluding hydrogens is 184 g/mol. The smallest absolute Gasteiger partial charge is 0.106 e. The maximum atomic E-state index is 8.00. The molecule has 0 aliphatic heterocycles. The molecule has 1 aromatic carbocycles. The van der Waals surface area contributed by atoms with Crippen LogP contribution >= 0.6 is 0 Å². The number of carbonyl (C=O) groups is 1. The summed E-state index contributed by atoms with van der Waals surface area (Å²) in [5.41, 5.74) is 5.96. The average Bonchev–Trinajstić information content (AvgIpc) is 2.13. The first-order valence-corrected chi connectivity index (χ1v) is 5.19. The van der Waals surface area contributed by atoms with Gasteiger partial charge in [0.2, 0.25) is 0 Å². The van der Waals surface area contributed by atoms with Gasteiger partial charge in [-0.2, -0.15) is 0 Å². The van der Waals surface area contributed by atoms with Crippen molar-refractivity contribution >= 4 is 6.79 Å². The van der Waals surface area contributed by atoms with Crippen LogP contribution in [0.15, 0.2) is 12.1 Å². The van der Waals surface area contributed by atoms with Crippen molar-refractivity contribution in [2.75, 3.05) is 0 Å². The Bertz CT molecular complexity index is 332. The van der Waals surface area contributed by atoms with E-state index in [0.717, 1.165) is 0 Å². The lowest BCUT2D eigenvalue weighted by molar-refractivity contribution is -0.0979. The highest BCUT2D eigenvalue weighted by molar-refractivity contribution is 5.40. The van der Waals surface area contributed by atoms with Gasteiger partial charge in [-0.05, 0) is 42.9 Å². The molecule has 0 saturated heterocycles. The van der Waals surface area contributed by atoms with E-state index in [1.165, 1.54) is 22.3 Å². The quantitative estimate of drug-likeness (QED) is 0.632. The minimum absolute atomic E-state index is 0.265. The minimum atomic E-state index is 0.265. The molecule has 0 bridgehead atoms. The van der Waals surface area contributed by atoms with Crippen LogP contribution in [0.3, 0.4) is 0 Å². The van der Waals surface area contributed by atoms with Gasteiger partial charge in [0.25, 0.3) is 0 Å². The van der Waals surface area contributed by atoms with Crippen molar-refractivity contribution < 1.29 is 4.79 Å². The number of benzene rings is 1. The minimum Gasteiger partial charge on any atom is -0.307 e. The number of carbonyl (C=O) groups excluding carboxylic acids is 1. The van der Waals surface area contributed by atoms with Gasteiger partial charge in [0, 0.05) is 0 Å². The molecule has 0 radical (unpaired) electrons. The summed E-state index contributed by atoms with van der Waals surface area (Å²) in [5, 5.41) is 0. The van der Waals surface area contributed by atoms with Gasteiger partial charge in [0.1, 0.15) is 6.79 Å². The molecule has 0 spiro atoms. The van der Waals surface area contributed by atoms with E-state index < -0.39 is 0 Å². The molecule has 0 amide bonds. The Balaban J connectivity index is 0.000000921. The fraction of sp³-hybridized carbons (Fsp3) is 0.500. The van der Waals surface area contributed by atoms with E-state index in [4.69, 9.17) is 4.79 Å². The SMILES string of the molecule is C=O.Cc1cc(C)c(C)c(C(C)(C)C)c1. The summed E-state index contributed by atoms with van der Waals surface area (Å²) in [4.78, 5) is 8.00. The van der Waals surface area contributed by atoms with Crippen molar-refractivity contribution in [3.05, 3.63) is 34.4 Å². The third-order valence-electron chi connectivity index (χ3n) is 2.62. The lowest BCUT2D eigenvalue weighted by Gasteiger charge is -2.23. The van der Waals surface area contributed by atoms with E-state index in [-0.39, 0.29) is 5.41 Å². The zero-order chi connectivity index (χ0) is 12.2. The maximum Gasteiger partial charge on any atom is 0.106 e. The fourth-order valence-electron chi connectivity index (χ4n) is 1.82. The molecule has 0 aliphatic rings. The van der Waals surface area contributed by atoms with Gasteiger partial charge < -0.3 is 4.79 Å². The summed E-state index contributed by atoms with van der Waals surface area (Å²) < 4.78 is 0. The summed E-state index contributed by atoms with van der Waals surface area (Å²) in [7, 11) is 0. The first-order chi connectivity index (χ1) is 6.82. The molecule has 1 heteroatoms. The largest absolute Gasteiger partial charge is 0.307 e. The van der Waals surface area contributed by atoms with Crippen LogP contribution in [0.1, 0.15) is 43.0 Å². The molecule has 0 aliphatic carbocycles. The molecular formula is C14H22O. The molecule has 1 rings (SSSR count). The van der Waals surface area contributed by atoms with Gasteiger partial charge in [0.15, 0.2) is 0 Å². The molecule has 84 valence electrons. The summed E-state index contributed by atoms with van der Waals surface area (Å²) in [5.74, 6) is 0. The summed E-state index contributed by atoms with van der Waals surface area (Å²) in [6.45, 7) is 15.4. The van der Waals surface area contributed by atoms with Gasteiger partial charge in [0.05, 0.1) is 0 Å². The van der Waals surface area contributed by atoms with Crippen molar-refractivity contribution in [1.82, 2.24) is 0 Å². The van der Waals surface area contributed by atoms with E-state index in [0.29, 0.717) is 0 Å². The van der Waals surface area contributed by atoms with Crippen LogP contribution in [0.25, 0.3) is 0 Å². The Hall–Kier alpha value is -1.11. The maximum absolute atomic E-state index is 8.00. The highest BCUT2D eigenvalue weighted by Crippen LogP contribution is 2.28. The van der Waals surface area contributed by atoms with Crippen LogP contribution in [0.2, 0.25) is 0 Å². The van der Waals surface area contributed by atoms with Crippen LogP contribution < -0.4 is 0 Å². The number of rotatable bonds is 0. The van der Waals surface area contributed by atoms with Crippen LogP contribution in [-0.4, -0.2) is 6.79 Å². The van der Waals surface area contributed by atoms with E-state index >= 15 is 0 Å². The zero-order valence-corrected chi connectivity index (χ0v) is 10.8. The first-order valence-electron chi connectivity index (χ1n) is 5.19. The van der Waals surface area contributed by atoms with Crippen molar-refractivity contribution in [2.45, 2.75) is 47.0 Å². The van der Waals surface area contributed by atoms with Crippen LogP contribution in [-0.2, 0) is 10.2 Å². The van der Waals surface area contributed by atoms with Gasteiger partial charge in [-0.3, -0.25) is 0 Å². The molecule has 0 atom stereocenters. The Kier molecular flexibility index (Phi) is 4.73. The average molecular weight is 206 g/mol. The predicted octanol–water partition coefficient (Wildman–Crippen LogP) is 3.72. The van der Waals surface area contributed by atoms with Crippen LogP contribution in [0.4, 0.5) is 0 Å². The molecule has 0 unspecified atom stereocenters.